The van der Waals surface area contributed by atoms with E-state index in [-0.39, 0.29) is 0 Å². The van der Waals surface area contributed by atoms with Crippen LogP contribution in [0.15, 0.2) is 24.8 Å². The van der Waals surface area contributed by atoms with Crippen molar-refractivity contribution in [3.8, 4) is 0 Å². The second-order valence-corrected chi connectivity index (χ2v) is 9.58. The fraction of sp³-hybridized carbons (Fsp3) is 0.833. The van der Waals surface area contributed by atoms with E-state index in [2.05, 4.69) is 33.1 Å². The third-order valence-corrected chi connectivity index (χ3v) is 8.98. The third-order valence-electron chi connectivity index (χ3n) is 8.98. The first-order valence-corrected chi connectivity index (χ1v) is 10.8. The summed E-state index contributed by atoms with van der Waals surface area (Å²) in [6.45, 7) is 17.7. The first-order chi connectivity index (χ1) is 11.5. The zero-order chi connectivity index (χ0) is 17.5. The van der Waals surface area contributed by atoms with E-state index in [0.717, 1.165) is 29.6 Å². The molecule has 7 atom stereocenters. The van der Waals surface area contributed by atoms with Crippen LogP contribution in [0.5, 0.6) is 0 Å². The van der Waals surface area contributed by atoms with Crippen LogP contribution in [0.4, 0.5) is 0 Å². The molecular weight excluding hydrogens is 288 g/mol. The van der Waals surface area contributed by atoms with Gasteiger partial charge in [-0.3, -0.25) is 0 Å². The molecule has 0 saturated heterocycles. The standard InChI is InChI=1S/C22H34.C2H6/c1-5-16-7-9-19-18-8-6-17-14-15(2)10-12-22(17,4)20(18)11-13-21(16,19)3;1-2/h5,16-20H,1-2,6-14H2,3-4H3;1-2H3. The number of fused-ring (bicyclic) bond motifs is 5. The van der Waals surface area contributed by atoms with Crippen molar-refractivity contribution >= 4 is 0 Å². The highest BCUT2D eigenvalue weighted by molar-refractivity contribution is 5.14. The lowest BCUT2D eigenvalue weighted by molar-refractivity contribution is -0.101. The molecule has 0 bridgehead atoms. The van der Waals surface area contributed by atoms with Gasteiger partial charge in [-0.15, -0.1) is 6.58 Å². The first-order valence-electron chi connectivity index (χ1n) is 10.8. The van der Waals surface area contributed by atoms with Crippen molar-refractivity contribution in [2.45, 2.75) is 85.5 Å². The quantitative estimate of drug-likeness (QED) is 0.439. The van der Waals surface area contributed by atoms with E-state index in [1.54, 1.807) is 0 Å². The van der Waals surface area contributed by atoms with Crippen LogP contribution in [-0.2, 0) is 0 Å². The average Bonchev–Trinajstić information content (AvgIpc) is 2.93. The fourth-order valence-corrected chi connectivity index (χ4v) is 7.58. The maximum atomic E-state index is 4.31. The van der Waals surface area contributed by atoms with Gasteiger partial charge in [0.25, 0.3) is 0 Å². The van der Waals surface area contributed by atoms with Gasteiger partial charge in [0.2, 0.25) is 0 Å². The van der Waals surface area contributed by atoms with Crippen LogP contribution >= 0.6 is 0 Å². The van der Waals surface area contributed by atoms with Crippen molar-refractivity contribution < 1.29 is 0 Å². The minimum absolute atomic E-state index is 0.574. The van der Waals surface area contributed by atoms with Gasteiger partial charge >= 0.3 is 0 Å². The minimum atomic E-state index is 0.574. The maximum absolute atomic E-state index is 4.31. The van der Waals surface area contributed by atoms with Crippen molar-refractivity contribution in [2.24, 2.45) is 40.4 Å². The molecule has 0 amide bonds. The van der Waals surface area contributed by atoms with E-state index in [0.29, 0.717) is 10.8 Å². The second-order valence-electron chi connectivity index (χ2n) is 9.58. The molecule has 0 aliphatic heterocycles. The molecule has 0 nitrogen and oxygen atoms in total. The predicted molar refractivity (Wildman–Crippen MR) is 106 cm³/mol. The molecule has 4 aliphatic rings. The van der Waals surface area contributed by atoms with Gasteiger partial charge in [-0.2, -0.15) is 0 Å². The van der Waals surface area contributed by atoms with Gasteiger partial charge in [0.1, 0.15) is 0 Å². The topological polar surface area (TPSA) is 0 Å². The van der Waals surface area contributed by atoms with Gasteiger partial charge in [-0.1, -0.05) is 45.9 Å². The van der Waals surface area contributed by atoms with Crippen LogP contribution in [0, 0.1) is 40.4 Å². The lowest BCUT2D eigenvalue weighted by atomic mass is 9.44. The van der Waals surface area contributed by atoms with Crippen molar-refractivity contribution in [1.82, 2.24) is 0 Å². The highest BCUT2D eigenvalue weighted by Crippen LogP contribution is 2.67. The van der Waals surface area contributed by atoms with Crippen LogP contribution in [0.1, 0.15) is 85.5 Å². The summed E-state index contributed by atoms with van der Waals surface area (Å²) in [4.78, 5) is 0. The molecule has 0 radical (unpaired) electrons. The Labute approximate surface area is 151 Å². The van der Waals surface area contributed by atoms with Gasteiger partial charge in [0.05, 0.1) is 0 Å². The summed E-state index contributed by atoms with van der Waals surface area (Å²) in [5.41, 5.74) is 2.73. The molecule has 24 heavy (non-hydrogen) atoms. The van der Waals surface area contributed by atoms with Crippen LogP contribution in [0.25, 0.3) is 0 Å². The molecular formula is C24H40. The molecule has 0 aromatic carbocycles. The van der Waals surface area contributed by atoms with E-state index in [1.165, 1.54) is 63.4 Å². The molecule has 0 heteroatoms. The molecule has 0 aromatic rings. The molecule has 0 spiro atoms. The largest absolute Gasteiger partial charge is 0.103 e. The van der Waals surface area contributed by atoms with E-state index >= 15 is 0 Å². The number of hydrogen-bond donors (Lipinski definition) is 0. The highest BCUT2D eigenvalue weighted by Gasteiger charge is 2.59. The lowest BCUT2D eigenvalue weighted by Crippen LogP contribution is -2.52. The summed E-state index contributed by atoms with van der Waals surface area (Å²) in [6, 6.07) is 0. The summed E-state index contributed by atoms with van der Waals surface area (Å²) in [5.74, 6) is 4.72. The summed E-state index contributed by atoms with van der Waals surface area (Å²) >= 11 is 0. The van der Waals surface area contributed by atoms with E-state index in [1.807, 2.05) is 13.8 Å². The van der Waals surface area contributed by atoms with Gasteiger partial charge in [0, 0.05) is 0 Å². The van der Waals surface area contributed by atoms with Gasteiger partial charge in [-0.25, -0.2) is 0 Å². The number of hydrogen-bond acceptors (Lipinski definition) is 0. The Balaban J connectivity index is 0.000000815. The van der Waals surface area contributed by atoms with E-state index < -0.39 is 0 Å². The van der Waals surface area contributed by atoms with Crippen molar-refractivity contribution in [3.05, 3.63) is 24.8 Å². The van der Waals surface area contributed by atoms with Crippen molar-refractivity contribution in [3.63, 3.8) is 0 Å². The zero-order valence-electron chi connectivity index (χ0n) is 16.7. The van der Waals surface area contributed by atoms with Crippen LogP contribution in [0.3, 0.4) is 0 Å². The van der Waals surface area contributed by atoms with Crippen LogP contribution in [-0.4, -0.2) is 0 Å². The summed E-state index contributed by atoms with van der Waals surface area (Å²) in [6.07, 6.45) is 15.1. The second kappa shape index (κ2) is 6.65. The Kier molecular flexibility index (Phi) is 5.07. The molecule has 4 rings (SSSR count). The SMILES string of the molecule is C=CC1CCC2C3CCC4CC(=C)CCC4(C)C3CCC12C.CC. The molecule has 0 aromatic heterocycles. The fourth-order valence-electron chi connectivity index (χ4n) is 7.58. The summed E-state index contributed by atoms with van der Waals surface area (Å²) < 4.78 is 0. The Morgan fingerprint density at radius 2 is 1.62 bits per heavy atom. The third kappa shape index (κ3) is 2.55. The van der Waals surface area contributed by atoms with Crippen LogP contribution < -0.4 is 0 Å². The summed E-state index contributed by atoms with van der Waals surface area (Å²) in [7, 11) is 0. The van der Waals surface area contributed by atoms with Gasteiger partial charge in [0.15, 0.2) is 0 Å². The zero-order valence-corrected chi connectivity index (χ0v) is 16.7. The molecule has 4 saturated carbocycles. The predicted octanol–water partition coefficient (Wildman–Crippen LogP) is 7.41. The normalized spacial score (nSPS) is 50.0. The Bertz CT molecular complexity index is 488. The van der Waals surface area contributed by atoms with Crippen molar-refractivity contribution in [2.75, 3.05) is 0 Å². The van der Waals surface area contributed by atoms with Gasteiger partial charge < -0.3 is 0 Å². The monoisotopic (exact) mass is 328 g/mol. The van der Waals surface area contributed by atoms with E-state index in [4.69, 9.17) is 0 Å². The molecule has 0 heterocycles. The Morgan fingerprint density at radius 1 is 0.917 bits per heavy atom. The number of allylic oxidation sites excluding steroid dienone is 2. The smallest absolute Gasteiger partial charge is 0.0179 e. The average molecular weight is 329 g/mol. The Hall–Kier alpha value is -0.520. The molecule has 0 N–H and O–H groups in total. The lowest BCUT2D eigenvalue weighted by Gasteiger charge is -2.60. The number of rotatable bonds is 1. The van der Waals surface area contributed by atoms with Crippen molar-refractivity contribution in [1.29, 1.82) is 0 Å². The highest BCUT2D eigenvalue weighted by atomic mass is 14.6. The first kappa shape index (κ1) is 18.3. The van der Waals surface area contributed by atoms with E-state index in [9.17, 15) is 0 Å². The molecule has 4 fully saturated rings. The maximum Gasteiger partial charge on any atom is -0.0179 e. The molecule has 4 aliphatic carbocycles. The molecule has 136 valence electrons. The van der Waals surface area contributed by atoms with Gasteiger partial charge in [-0.05, 0) is 98.2 Å². The Morgan fingerprint density at radius 3 is 2.33 bits per heavy atom. The van der Waals surface area contributed by atoms with Crippen LogP contribution in [0.2, 0.25) is 0 Å². The summed E-state index contributed by atoms with van der Waals surface area (Å²) in [5, 5.41) is 0. The minimum Gasteiger partial charge on any atom is -0.103 e. The molecule has 7 unspecified atom stereocenters.